The van der Waals surface area contributed by atoms with Gasteiger partial charge in [-0.15, -0.1) is 0 Å². The van der Waals surface area contributed by atoms with Crippen LogP contribution in [0.4, 0.5) is 10.5 Å². The molecule has 0 bridgehead atoms. The predicted molar refractivity (Wildman–Crippen MR) is 151 cm³/mol. The van der Waals surface area contributed by atoms with Gasteiger partial charge >= 0.3 is 12.1 Å². The van der Waals surface area contributed by atoms with E-state index >= 15 is 0 Å². The number of methoxy groups -OCH3 is 1. The molecule has 1 amide bonds. The van der Waals surface area contributed by atoms with Crippen LogP contribution in [0, 0.1) is 0 Å². The fourth-order valence-electron chi connectivity index (χ4n) is 5.26. The highest BCUT2D eigenvalue weighted by Gasteiger charge is 2.33. The molecule has 0 fully saturated rings. The molecular formula is C33H26N2O4. The number of allylic oxidation sites excluding steroid dienone is 1. The lowest BCUT2D eigenvalue weighted by atomic mass is 9.87. The maximum absolute atomic E-state index is 13.2. The highest BCUT2D eigenvalue weighted by atomic mass is 16.6. The van der Waals surface area contributed by atoms with Gasteiger partial charge in [0, 0.05) is 29.6 Å². The van der Waals surface area contributed by atoms with Crippen LogP contribution < -0.4 is 4.90 Å². The Kier molecular flexibility index (Phi) is 6.43. The van der Waals surface area contributed by atoms with Gasteiger partial charge in [-0.25, -0.2) is 9.59 Å². The van der Waals surface area contributed by atoms with Gasteiger partial charge in [-0.05, 0) is 34.9 Å². The smallest absolute Gasteiger partial charge is 0.418 e. The van der Waals surface area contributed by atoms with Gasteiger partial charge in [0.2, 0.25) is 0 Å². The standard InChI is InChI=1S/C33H26N2O4/c1-38-32(36)30-28-18-10-11-20-34(28)31(29(30)24-14-6-3-7-15-24)26-19-21-35(27-17-9-8-16-25(26)27)33(37)39-22-23-12-4-2-5-13-23/h2-21,26H,22H2,1H3/t26-/m1/s1. The zero-order chi connectivity index (χ0) is 26.8. The first-order chi connectivity index (χ1) is 19.2. The normalized spacial score (nSPS) is 14.2. The second-order valence-electron chi connectivity index (χ2n) is 9.24. The summed E-state index contributed by atoms with van der Waals surface area (Å²) in [5, 5.41) is 0. The summed E-state index contributed by atoms with van der Waals surface area (Å²) < 4.78 is 12.9. The van der Waals surface area contributed by atoms with Gasteiger partial charge < -0.3 is 13.9 Å². The van der Waals surface area contributed by atoms with Crippen LogP contribution in [-0.2, 0) is 16.1 Å². The quantitative estimate of drug-likeness (QED) is 0.233. The molecule has 1 aliphatic heterocycles. The minimum Gasteiger partial charge on any atom is -0.465 e. The number of carbonyl (C=O) groups excluding carboxylic acids is 2. The number of nitrogens with zero attached hydrogens (tertiary/aromatic N) is 2. The van der Waals surface area contributed by atoms with Gasteiger partial charge in [0.1, 0.15) is 6.61 Å². The van der Waals surface area contributed by atoms with Crippen LogP contribution in [0.2, 0.25) is 0 Å². The second kappa shape index (κ2) is 10.3. The molecule has 0 N–H and O–H groups in total. The van der Waals surface area contributed by atoms with E-state index in [1.54, 1.807) is 6.20 Å². The Labute approximate surface area is 226 Å². The fraction of sp³-hybridized carbons (Fsp3) is 0.0909. The van der Waals surface area contributed by atoms with Crippen LogP contribution in [0.1, 0.15) is 33.1 Å². The van der Waals surface area contributed by atoms with Crippen molar-refractivity contribution in [1.29, 1.82) is 0 Å². The Morgan fingerprint density at radius 2 is 1.51 bits per heavy atom. The van der Waals surface area contributed by atoms with Crippen molar-refractivity contribution in [2.24, 2.45) is 0 Å². The van der Waals surface area contributed by atoms with Gasteiger partial charge in [0.05, 0.1) is 23.9 Å². The van der Waals surface area contributed by atoms with Crippen molar-refractivity contribution in [2.45, 2.75) is 12.5 Å². The largest absolute Gasteiger partial charge is 0.465 e. The molecule has 6 nitrogen and oxygen atoms in total. The molecule has 0 aliphatic carbocycles. The van der Waals surface area contributed by atoms with Crippen molar-refractivity contribution in [2.75, 3.05) is 12.0 Å². The van der Waals surface area contributed by atoms with Gasteiger partial charge in [0.15, 0.2) is 0 Å². The number of esters is 1. The van der Waals surface area contributed by atoms with Gasteiger partial charge in [-0.1, -0.05) is 91.0 Å². The molecule has 0 unspecified atom stereocenters. The number of fused-ring (bicyclic) bond motifs is 2. The Morgan fingerprint density at radius 3 is 2.28 bits per heavy atom. The molecule has 3 aromatic carbocycles. The van der Waals surface area contributed by atoms with Crippen molar-refractivity contribution in [3.8, 4) is 11.1 Å². The summed E-state index contributed by atoms with van der Waals surface area (Å²) in [4.78, 5) is 27.9. The van der Waals surface area contributed by atoms with E-state index < -0.39 is 12.1 Å². The number of benzene rings is 3. The molecule has 2 aromatic heterocycles. The summed E-state index contributed by atoms with van der Waals surface area (Å²) >= 11 is 0. The van der Waals surface area contributed by atoms with Crippen LogP contribution in [0.15, 0.2) is 122 Å². The number of carbonyl (C=O) groups is 2. The molecule has 0 saturated carbocycles. The Balaban J connectivity index is 1.48. The molecule has 1 aliphatic rings. The van der Waals surface area contributed by atoms with E-state index in [1.807, 2.05) is 120 Å². The van der Waals surface area contributed by atoms with Crippen molar-refractivity contribution in [3.63, 3.8) is 0 Å². The summed E-state index contributed by atoms with van der Waals surface area (Å²) in [7, 11) is 1.40. The average molecular weight is 515 g/mol. The molecule has 3 heterocycles. The first kappa shape index (κ1) is 24.2. The van der Waals surface area contributed by atoms with Crippen LogP contribution in [-0.4, -0.2) is 23.6 Å². The highest BCUT2D eigenvalue weighted by molar-refractivity contribution is 6.06. The zero-order valence-electron chi connectivity index (χ0n) is 21.4. The molecule has 1 atom stereocenters. The number of amides is 1. The van der Waals surface area contributed by atoms with Crippen molar-refractivity contribution in [1.82, 2.24) is 4.40 Å². The number of para-hydroxylation sites is 1. The summed E-state index contributed by atoms with van der Waals surface area (Å²) in [6.45, 7) is 0.180. The lowest BCUT2D eigenvalue weighted by Gasteiger charge is -2.29. The van der Waals surface area contributed by atoms with E-state index in [-0.39, 0.29) is 12.5 Å². The van der Waals surface area contributed by atoms with Crippen molar-refractivity contribution < 1.29 is 19.1 Å². The third-order valence-corrected chi connectivity index (χ3v) is 6.99. The molecule has 5 aromatic rings. The van der Waals surface area contributed by atoms with Crippen molar-refractivity contribution >= 4 is 23.3 Å². The van der Waals surface area contributed by atoms with E-state index in [0.717, 1.165) is 39.2 Å². The van der Waals surface area contributed by atoms with E-state index in [4.69, 9.17) is 9.47 Å². The molecule has 0 spiro atoms. The van der Waals surface area contributed by atoms with E-state index in [9.17, 15) is 9.59 Å². The molecule has 39 heavy (non-hydrogen) atoms. The van der Waals surface area contributed by atoms with Gasteiger partial charge in [-0.2, -0.15) is 0 Å². The third kappa shape index (κ3) is 4.36. The minimum absolute atomic E-state index is 0.180. The Morgan fingerprint density at radius 1 is 0.821 bits per heavy atom. The number of aromatic nitrogens is 1. The van der Waals surface area contributed by atoms with Crippen LogP contribution in [0.3, 0.4) is 0 Å². The van der Waals surface area contributed by atoms with Crippen LogP contribution in [0.25, 0.3) is 16.6 Å². The summed E-state index contributed by atoms with van der Waals surface area (Å²) in [5.74, 6) is -0.647. The summed E-state index contributed by atoms with van der Waals surface area (Å²) in [6, 6.07) is 33.0. The van der Waals surface area contributed by atoms with Crippen molar-refractivity contribution in [3.05, 3.63) is 144 Å². The maximum Gasteiger partial charge on any atom is 0.418 e. The number of hydrogen-bond donors (Lipinski definition) is 0. The number of ether oxygens (including phenoxy) is 2. The number of rotatable bonds is 5. The average Bonchev–Trinajstić information content (AvgIpc) is 3.35. The molecule has 0 radical (unpaired) electrons. The predicted octanol–water partition coefficient (Wildman–Crippen LogP) is 7.20. The molecular weight excluding hydrogens is 488 g/mol. The third-order valence-electron chi connectivity index (χ3n) is 6.99. The zero-order valence-corrected chi connectivity index (χ0v) is 21.4. The van der Waals surface area contributed by atoms with Crippen LogP contribution in [0.5, 0.6) is 0 Å². The first-order valence-electron chi connectivity index (χ1n) is 12.7. The van der Waals surface area contributed by atoms with Gasteiger partial charge in [-0.3, -0.25) is 4.90 Å². The van der Waals surface area contributed by atoms with E-state index in [1.165, 1.54) is 12.0 Å². The van der Waals surface area contributed by atoms with E-state index in [0.29, 0.717) is 5.56 Å². The van der Waals surface area contributed by atoms with Gasteiger partial charge in [0.25, 0.3) is 0 Å². The molecule has 6 rings (SSSR count). The Hall–Kier alpha value is -5.10. The fourth-order valence-corrected chi connectivity index (χ4v) is 5.26. The summed E-state index contributed by atoms with van der Waals surface area (Å²) in [5.41, 5.74) is 6.47. The SMILES string of the molecule is COC(=O)c1c(-c2ccccc2)c([C@@H]2C=CN(C(=O)OCc3ccccc3)c3ccccc32)n2ccccc12. The molecule has 0 saturated heterocycles. The number of anilines is 1. The molecule has 6 heteroatoms. The maximum atomic E-state index is 13.2. The lowest BCUT2D eigenvalue weighted by Crippen LogP contribution is -2.30. The van der Waals surface area contributed by atoms with Crippen LogP contribution >= 0.6 is 0 Å². The lowest BCUT2D eigenvalue weighted by molar-refractivity contribution is 0.0604. The minimum atomic E-state index is -0.459. The topological polar surface area (TPSA) is 60.2 Å². The second-order valence-corrected chi connectivity index (χ2v) is 9.24. The number of hydrogen-bond acceptors (Lipinski definition) is 4. The monoisotopic (exact) mass is 514 g/mol. The van der Waals surface area contributed by atoms with E-state index in [2.05, 4.69) is 0 Å². The Bertz CT molecular complexity index is 1690. The number of pyridine rings is 1. The summed E-state index contributed by atoms with van der Waals surface area (Å²) in [6.07, 6.45) is 5.24. The molecule has 192 valence electrons. The highest BCUT2D eigenvalue weighted by Crippen LogP contribution is 2.44. The first-order valence-corrected chi connectivity index (χ1v) is 12.7.